The first-order valence-corrected chi connectivity index (χ1v) is 3.93. The normalized spacial score (nSPS) is 10.2. The minimum atomic E-state index is 0.216. The summed E-state index contributed by atoms with van der Waals surface area (Å²) in [5.74, 6) is 0.984. The molecule has 66 valence electrons. The summed E-state index contributed by atoms with van der Waals surface area (Å²) in [6.07, 6.45) is 1.65. The van der Waals surface area contributed by atoms with Gasteiger partial charge in [0.25, 0.3) is 0 Å². The minimum Gasteiger partial charge on any atom is -0.508 e. The molecule has 0 aliphatic rings. The van der Waals surface area contributed by atoms with Crippen molar-refractivity contribution in [2.45, 2.75) is 0 Å². The van der Waals surface area contributed by atoms with Gasteiger partial charge >= 0.3 is 0 Å². The number of ether oxygens (including phenoxy) is 1. The molecule has 13 heavy (non-hydrogen) atoms. The maximum Gasteiger partial charge on any atom is 0.129 e. The summed E-state index contributed by atoms with van der Waals surface area (Å²) in [4.78, 5) is 4.11. The smallest absolute Gasteiger partial charge is 0.129 e. The van der Waals surface area contributed by atoms with E-state index in [1.54, 1.807) is 37.6 Å². The Labute approximate surface area is 75.6 Å². The van der Waals surface area contributed by atoms with E-state index in [2.05, 4.69) is 4.98 Å². The number of hydrogen-bond donors (Lipinski definition) is 1. The number of benzene rings is 1. The van der Waals surface area contributed by atoms with Gasteiger partial charge in [-0.05, 0) is 18.2 Å². The maximum absolute atomic E-state index is 9.21. The number of fused-ring (bicyclic) bond motifs is 1. The van der Waals surface area contributed by atoms with E-state index >= 15 is 0 Å². The van der Waals surface area contributed by atoms with Crippen molar-refractivity contribution in [3.8, 4) is 11.5 Å². The van der Waals surface area contributed by atoms with Crippen molar-refractivity contribution in [1.82, 2.24) is 4.98 Å². The van der Waals surface area contributed by atoms with Gasteiger partial charge in [-0.2, -0.15) is 0 Å². The Balaban J connectivity index is 2.77. The lowest BCUT2D eigenvalue weighted by atomic mass is 10.2. The molecule has 0 amide bonds. The largest absolute Gasteiger partial charge is 0.508 e. The molecule has 1 heterocycles. The summed E-state index contributed by atoms with van der Waals surface area (Å²) in [5, 5.41) is 10.1. The first-order valence-electron chi connectivity index (χ1n) is 3.93. The van der Waals surface area contributed by atoms with Crippen LogP contribution in [0.3, 0.4) is 0 Å². The van der Waals surface area contributed by atoms with Crippen molar-refractivity contribution in [2.24, 2.45) is 0 Å². The van der Waals surface area contributed by atoms with Gasteiger partial charge in [0.1, 0.15) is 11.5 Å². The van der Waals surface area contributed by atoms with Crippen LogP contribution >= 0.6 is 0 Å². The fourth-order valence-corrected chi connectivity index (χ4v) is 1.29. The molecular formula is C10H9NO2. The van der Waals surface area contributed by atoms with Crippen LogP contribution < -0.4 is 4.74 Å². The third kappa shape index (κ3) is 1.28. The Morgan fingerprint density at radius 3 is 2.92 bits per heavy atom. The van der Waals surface area contributed by atoms with Crippen LogP contribution in [-0.2, 0) is 0 Å². The number of aromatic hydroxyl groups is 1. The summed E-state index contributed by atoms with van der Waals surface area (Å²) >= 11 is 0. The van der Waals surface area contributed by atoms with Gasteiger partial charge in [0.15, 0.2) is 0 Å². The lowest BCUT2D eigenvalue weighted by Crippen LogP contribution is -1.86. The second-order valence-electron chi connectivity index (χ2n) is 2.71. The molecule has 0 aliphatic heterocycles. The summed E-state index contributed by atoms with van der Waals surface area (Å²) < 4.78 is 5.15. The van der Waals surface area contributed by atoms with Crippen molar-refractivity contribution in [3.05, 3.63) is 30.5 Å². The average molecular weight is 175 g/mol. The molecule has 0 atom stereocenters. The molecule has 2 rings (SSSR count). The zero-order chi connectivity index (χ0) is 9.26. The molecule has 2 aromatic rings. The highest BCUT2D eigenvalue weighted by molar-refractivity contribution is 5.85. The zero-order valence-electron chi connectivity index (χ0n) is 7.19. The first-order chi connectivity index (χ1) is 6.31. The molecule has 3 heteroatoms. The second-order valence-corrected chi connectivity index (χ2v) is 2.71. The molecule has 0 unspecified atom stereocenters. The van der Waals surface area contributed by atoms with E-state index in [4.69, 9.17) is 4.74 Å². The van der Waals surface area contributed by atoms with Gasteiger partial charge in [-0.1, -0.05) is 0 Å². The molecular weight excluding hydrogens is 166 g/mol. The Bertz CT molecular complexity index is 440. The lowest BCUT2D eigenvalue weighted by Gasteiger charge is -2.03. The van der Waals surface area contributed by atoms with E-state index in [0.29, 0.717) is 0 Å². The Hall–Kier alpha value is -1.77. The summed E-state index contributed by atoms with van der Waals surface area (Å²) in [7, 11) is 1.61. The van der Waals surface area contributed by atoms with E-state index < -0.39 is 0 Å². The van der Waals surface area contributed by atoms with Crippen LogP contribution in [0.5, 0.6) is 11.5 Å². The number of rotatable bonds is 1. The maximum atomic E-state index is 9.21. The minimum absolute atomic E-state index is 0.216. The van der Waals surface area contributed by atoms with Crippen molar-refractivity contribution < 1.29 is 9.84 Å². The van der Waals surface area contributed by atoms with Gasteiger partial charge in [0, 0.05) is 17.6 Å². The molecule has 0 aliphatic carbocycles. The number of hydrogen-bond acceptors (Lipinski definition) is 3. The number of nitrogens with zero attached hydrogens (tertiary/aromatic N) is 1. The number of aromatic nitrogens is 1. The third-order valence-electron chi connectivity index (χ3n) is 1.91. The molecule has 3 nitrogen and oxygen atoms in total. The quantitative estimate of drug-likeness (QED) is 0.720. The summed E-state index contributed by atoms with van der Waals surface area (Å²) in [6.45, 7) is 0. The Morgan fingerprint density at radius 1 is 1.31 bits per heavy atom. The van der Waals surface area contributed by atoms with Crippen molar-refractivity contribution >= 4 is 10.9 Å². The van der Waals surface area contributed by atoms with Crippen LogP contribution in [0, 0.1) is 0 Å². The zero-order valence-corrected chi connectivity index (χ0v) is 7.19. The Kier molecular flexibility index (Phi) is 1.77. The third-order valence-corrected chi connectivity index (χ3v) is 1.91. The fraction of sp³-hybridized carbons (Fsp3) is 0.100. The summed E-state index contributed by atoms with van der Waals surface area (Å²) in [6, 6.07) is 6.81. The summed E-state index contributed by atoms with van der Waals surface area (Å²) in [5.41, 5.74) is 0.736. The predicted octanol–water partition coefficient (Wildman–Crippen LogP) is 1.95. The van der Waals surface area contributed by atoms with Gasteiger partial charge in [-0.3, -0.25) is 4.98 Å². The number of phenolic OH excluding ortho intramolecular Hbond substituents is 1. The van der Waals surface area contributed by atoms with Gasteiger partial charge < -0.3 is 9.84 Å². The first kappa shape index (κ1) is 7.86. The van der Waals surface area contributed by atoms with Gasteiger partial charge in [-0.15, -0.1) is 0 Å². The van der Waals surface area contributed by atoms with Crippen LogP contribution in [0.2, 0.25) is 0 Å². The van der Waals surface area contributed by atoms with Crippen molar-refractivity contribution in [1.29, 1.82) is 0 Å². The standard InChI is InChI=1S/C10H9NO2/c1-13-10-4-5-11-9-6-7(12)2-3-8(9)10/h2-6,12H,1H3. The highest BCUT2D eigenvalue weighted by Gasteiger charge is 2.01. The molecule has 0 radical (unpaired) electrons. The SMILES string of the molecule is COc1ccnc2cc(O)ccc12. The molecule has 0 saturated heterocycles. The van der Waals surface area contributed by atoms with Gasteiger partial charge in [0.05, 0.1) is 12.6 Å². The van der Waals surface area contributed by atoms with E-state index in [1.165, 1.54) is 0 Å². The van der Waals surface area contributed by atoms with E-state index in [0.717, 1.165) is 16.7 Å². The monoisotopic (exact) mass is 175 g/mol. The number of methoxy groups -OCH3 is 1. The number of phenols is 1. The molecule has 0 spiro atoms. The fourth-order valence-electron chi connectivity index (χ4n) is 1.29. The molecule has 1 N–H and O–H groups in total. The molecule has 1 aromatic carbocycles. The van der Waals surface area contributed by atoms with E-state index in [9.17, 15) is 5.11 Å². The lowest BCUT2D eigenvalue weighted by molar-refractivity contribution is 0.419. The topological polar surface area (TPSA) is 42.4 Å². The van der Waals surface area contributed by atoms with Gasteiger partial charge in [-0.25, -0.2) is 0 Å². The molecule has 0 bridgehead atoms. The predicted molar refractivity (Wildman–Crippen MR) is 50.0 cm³/mol. The average Bonchev–Trinajstić information content (AvgIpc) is 2.16. The molecule has 0 fully saturated rings. The van der Waals surface area contributed by atoms with Crippen molar-refractivity contribution in [2.75, 3.05) is 7.11 Å². The van der Waals surface area contributed by atoms with Crippen molar-refractivity contribution in [3.63, 3.8) is 0 Å². The van der Waals surface area contributed by atoms with Crippen LogP contribution in [0.25, 0.3) is 10.9 Å². The van der Waals surface area contributed by atoms with Crippen LogP contribution in [-0.4, -0.2) is 17.2 Å². The van der Waals surface area contributed by atoms with Crippen LogP contribution in [0.15, 0.2) is 30.5 Å². The highest BCUT2D eigenvalue weighted by atomic mass is 16.5. The van der Waals surface area contributed by atoms with Crippen LogP contribution in [0.4, 0.5) is 0 Å². The van der Waals surface area contributed by atoms with Crippen LogP contribution in [0.1, 0.15) is 0 Å². The van der Waals surface area contributed by atoms with E-state index in [-0.39, 0.29) is 5.75 Å². The Morgan fingerprint density at radius 2 is 2.15 bits per heavy atom. The second kappa shape index (κ2) is 2.94. The number of pyridine rings is 1. The molecule has 1 aromatic heterocycles. The van der Waals surface area contributed by atoms with E-state index in [1.807, 2.05) is 0 Å². The van der Waals surface area contributed by atoms with Gasteiger partial charge in [0.2, 0.25) is 0 Å². The highest BCUT2D eigenvalue weighted by Crippen LogP contribution is 2.25. The molecule has 0 saturated carbocycles.